The second-order valence-corrected chi connectivity index (χ2v) is 5.97. The summed E-state index contributed by atoms with van der Waals surface area (Å²) < 4.78 is 21.7. The third kappa shape index (κ3) is 4.14. The number of benzene rings is 1. The molecule has 0 aliphatic rings. The number of fused-ring (bicyclic) bond motifs is 1. The van der Waals surface area contributed by atoms with Gasteiger partial charge in [0.25, 0.3) is 0 Å². The fourth-order valence-corrected chi connectivity index (χ4v) is 2.17. The molecule has 0 fully saturated rings. The molecule has 0 saturated heterocycles. The van der Waals surface area contributed by atoms with Crippen molar-refractivity contribution in [2.75, 3.05) is 6.26 Å². The lowest BCUT2D eigenvalue weighted by Crippen LogP contribution is -2.07. The van der Waals surface area contributed by atoms with Gasteiger partial charge in [0.05, 0.1) is 5.39 Å². The normalized spacial score (nSPS) is 12.6. The monoisotopic (exact) mass is 320 g/mol. The summed E-state index contributed by atoms with van der Waals surface area (Å²) in [7, 11) is -1.12. The van der Waals surface area contributed by atoms with Crippen LogP contribution in [-0.2, 0) is 15.6 Å². The summed E-state index contributed by atoms with van der Waals surface area (Å²) in [5, 5.41) is 1.77. The Bertz CT molecular complexity index is 804. The van der Waals surface area contributed by atoms with Crippen LogP contribution in [0.15, 0.2) is 38.9 Å². The smallest absolute Gasteiger partial charge is 0.311 e. The van der Waals surface area contributed by atoms with Crippen LogP contribution in [0.5, 0.6) is 5.75 Å². The second kappa shape index (κ2) is 7.17. The van der Waals surface area contributed by atoms with E-state index in [1.807, 2.05) is 6.92 Å². The maximum atomic E-state index is 12.1. The Balaban J connectivity index is 2.36. The lowest BCUT2D eigenvalue weighted by atomic mass is 10.2. The molecule has 1 heterocycles. The van der Waals surface area contributed by atoms with E-state index in [-0.39, 0.29) is 11.4 Å². The zero-order valence-corrected chi connectivity index (χ0v) is 13.1. The molecule has 1 aromatic heterocycles. The number of ether oxygens (including phenoxy) is 1. The third-order valence-corrected chi connectivity index (χ3v) is 3.35. The van der Waals surface area contributed by atoms with Crippen molar-refractivity contribution in [3.05, 3.63) is 45.7 Å². The van der Waals surface area contributed by atoms with Crippen LogP contribution in [0.4, 0.5) is 0 Å². The van der Waals surface area contributed by atoms with Gasteiger partial charge in [-0.15, -0.1) is 0 Å². The van der Waals surface area contributed by atoms with Gasteiger partial charge in [0, 0.05) is 35.0 Å². The maximum absolute atomic E-state index is 12.1. The molecule has 0 saturated carbocycles. The summed E-state index contributed by atoms with van der Waals surface area (Å²) in [6, 6.07) is 5.94. The molecule has 2 rings (SSSR count). The third-order valence-electron chi connectivity index (χ3n) is 2.83. The van der Waals surface area contributed by atoms with Crippen LogP contribution >= 0.6 is 0 Å². The quantitative estimate of drug-likeness (QED) is 0.625. The van der Waals surface area contributed by atoms with Gasteiger partial charge in [0.1, 0.15) is 17.1 Å². The summed E-state index contributed by atoms with van der Waals surface area (Å²) in [5.74, 6) is 0.302. The zero-order valence-electron chi connectivity index (χ0n) is 12.3. The Morgan fingerprint density at radius 2 is 2.14 bits per heavy atom. The van der Waals surface area contributed by atoms with E-state index < -0.39 is 10.8 Å². The fraction of sp³-hybridized carbons (Fsp3) is 0.250. The predicted molar refractivity (Wildman–Crippen MR) is 86.1 cm³/mol. The standard InChI is InChI=1S/C16H16O5S/c1-3-4-16(18)21-11-5-6-15-13(9-11)14(17)10-12(20-15)7-8-22(2)19/h5-10H,3-4H2,1-2H3/b8-7+. The van der Waals surface area contributed by atoms with Gasteiger partial charge in [-0.2, -0.15) is 0 Å². The van der Waals surface area contributed by atoms with E-state index >= 15 is 0 Å². The molecule has 6 heteroatoms. The number of rotatable bonds is 5. The molecule has 1 unspecified atom stereocenters. The van der Waals surface area contributed by atoms with E-state index in [0.717, 1.165) is 0 Å². The van der Waals surface area contributed by atoms with Crippen molar-refractivity contribution in [3.8, 4) is 5.75 Å². The van der Waals surface area contributed by atoms with Gasteiger partial charge in [-0.25, -0.2) is 0 Å². The van der Waals surface area contributed by atoms with E-state index in [1.165, 1.54) is 29.9 Å². The highest BCUT2D eigenvalue weighted by Crippen LogP contribution is 2.20. The highest BCUT2D eigenvalue weighted by atomic mass is 32.2. The molecule has 5 nitrogen and oxygen atoms in total. The Kier molecular flexibility index (Phi) is 5.27. The Labute approximate surface area is 130 Å². The van der Waals surface area contributed by atoms with Gasteiger partial charge < -0.3 is 9.15 Å². The second-order valence-electron chi connectivity index (χ2n) is 4.70. The number of carbonyl (C=O) groups excluding carboxylic acids is 1. The SMILES string of the molecule is CCCC(=O)Oc1ccc2oc(/C=C/S(C)=O)cc(=O)c2c1. The van der Waals surface area contributed by atoms with Gasteiger partial charge in [-0.05, 0) is 30.7 Å². The molecule has 2 aromatic rings. The Hall–Kier alpha value is -2.21. The Morgan fingerprint density at radius 1 is 1.36 bits per heavy atom. The van der Waals surface area contributed by atoms with Crippen LogP contribution in [0.2, 0.25) is 0 Å². The first-order valence-electron chi connectivity index (χ1n) is 6.78. The topological polar surface area (TPSA) is 73.6 Å². The van der Waals surface area contributed by atoms with Crippen molar-refractivity contribution in [2.45, 2.75) is 19.8 Å². The minimum Gasteiger partial charge on any atom is -0.456 e. The summed E-state index contributed by atoms with van der Waals surface area (Å²) >= 11 is 0. The minimum atomic E-state index is -1.12. The van der Waals surface area contributed by atoms with E-state index in [2.05, 4.69) is 0 Å². The molecular formula is C16H16O5S. The first kappa shape index (κ1) is 16.2. The van der Waals surface area contributed by atoms with Gasteiger partial charge >= 0.3 is 5.97 Å². The molecule has 0 N–H and O–H groups in total. The molecule has 1 atom stereocenters. The predicted octanol–water partition coefficient (Wildman–Crippen LogP) is 2.85. The average molecular weight is 320 g/mol. The average Bonchev–Trinajstić information content (AvgIpc) is 2.46. The summed E-state index contributed by atoms with van der Waals surface area (Å²) in [4.78, 5) is 23.6. The van der Waals surface area contributed by atoms with Crippen molar-refractivity contribution >= 4 is 33.8 Å². The molecule has 22 heavy (non-hydrogen) atoms. The zero-order chi connectivity index (χ0) is 16.1. The lowest BCUT2D eigenvalue weighted by Gasteiger charge is -2.05. The highest BCUT2D eigenvalue weighted by Gasteiger charge is 2.08. The molecule has 0 amide bonds. The van der Waals surface area contributed by atoms with Crippen LogP contribution in [0.3, 0.4) is 0 Å². The number of carbonyl (C=O) groups is 1. The summed E-state index contributed by atoms with van der Waals surface area (Å²) in [6.07, 6.45) is 4.03. The molecule has 0 aliphatic heterocycles. The molecule has 0 spiro atoms. The van der Waals surface area contributed by atoms with Gasteiger partial charge in [-0.3, -0.25) is 13.8 Å². The van der Waals surface area contributed by atoms with Crippen molar-refractivity contribution in [1.82, 2.24) is 0 Å². The first-order chi connectivity index (χ1) is 10.5. The molecule has 0 radical (unpaired) electrons. The molecule has 0 bridgehead atoms. The van der Waals surface area contributed by atoms with Crippen LogP contribution in [0.25, 0.3) is 17.0 Å². The van der Waals surface area contributed by atoms with E-state index in [0.29, 0.717) is 35.3 Å². The highest BCUT2D eigenvalue weighted by molar-refractivity contribution is 7.87. The number of hydrogen-bond donors (Lipinski definition) is 0. The molecular weight excluding hydrogens is 304 g/mol. The van der Waals surface area contributed by atoms with E-state index in [9.17, 15) is 13.8 Å². The van der Waals surface area contributed by atoms with Crippen LogP contribution < -0.4 is 10.2 Å². The van der Waals surface area contributed by atoms with Gasteiger partial charge in [0.15, 0.2) is 5.43 Å². The summed E-state index contributed by atoms with van der Waals surface area (Å²) in [5.41, 5.74) is 0.125. The Morgan fingerprint density at radius 3 is 2.82 bits per heavy atom. The van der Waals surface area contributed by atoms with Crippen LogP contribution in [-0.4, -0.2) is 16.4 Å². The maximum Gasteiger partial charge on any atom is 0.311 e. The van der Waals surface area contributed by atoms with Crippen molar-refractivity contribution in [2.24, 2.45) is 0 Å². The van der Waals surface area contributed by atoms with Crippen molar-refractivity contribution in [1.29, 1.82) is 0 Å². The minimum absolute atomic E-state index is 0.254. The van der Waals surface area contributed by atoms with Crippen LogP contribution in [0.1, 0.15) is 25.5 Å². The van der Waals surface area contributed by atoms with Crippen molar-refractivity contribution in [3.63, 3.8) is 0 Å². The van der Waals surface area contributed by atoms with Crippen molar-refractivity contribution < 1.29 is 18.2 Å². The molecule has 1 aromatic carbocycles. The summed E-state index contributed by atoms with van der Waals surface area (Å²) in [6.45, 7) is 1.88. The van der Waals surface area contributed by atoms with Crippen LogP contribution in [0, 0.1) is 0 Å². The van der Waals surface area contributed by atoms with E-state index in [4.69, 9.17) is 9.15 Å². The molecule has 0 aliphatic carbocycles. The van der Waals surface area contributed by atoms with Gasteiger partial charge in [0.2, 0.25) is 0 Å². The first-order valence-corrected chi connectivity index (χ1v) is 8.40. The van der Waals surface area contributed by atoms with E-state index in [1.54, 1.807) is 12.1 Å². The number of esters is 1. The lowest BCUT2D eigenvalue weighted by molar-refractivity contribution is -0.134. The largest absolute Gasteiger partial charge is 0.456 e. The fourth-order valence-electron chi connectivity index (χ4n) is 1.85. The van der Waals surface area contributed by atoms with Gasteiger partial charge in [-0.1, -0.05) is 6.92 Å². The number of hydrogen-bond acceptors (Lipinski definition) is 5. The molecule has 116 valence electrons.